The number of fused-ring (bicyclic) bond motifs is 1. The van der Waals surface area contributed by atoms with Gasteiger partial charge in [-0.2, -0.15) is 4.58 Å². The first-order valence-electron chi connectivity index (χ1n) is 9.11. The molecule has 11 heteroatoms. The van der Waals surface area contributed by atoms with Gasteiger partial charge in [-0.25, -0.2) is 18.9 Å². The van der Waals surface area contributed by atoms with E-state index in [1.807, 2.05) is 0 Å². The van der Waals surface area contributed by atoms with E-state index < -0.39 is 45.3 Å². The van der Waals surface area contributed by atoms with Gasteiger partial charge in [0.25, 0.3) is 5.91 Å². The maximum Gasteiger partial charge on any atom is 0.362 e. The number of pyridine rings is 1. The summed E-state index contributed by atoms with van der Waals surface area (Å²) in [7, 11) is -2.60. The number of carbonyl (C=O) groups is 2. The van der Waals surface area contributed by atoms with Crippen LogP contribution in [-0.2, 0) is 14.6 Å². The Kier molecular flexibility index (Phi) is 5.92. The largest absolute Gasteiger partial charge is 0.481 e. The van der Waals surface area contributed by atoms with E-state index in [0.29, 0.717) is 17.0 Å². The number of ketones is 1. The Morgan fingerprint density at radius 3 is 2.52 bits per heavy atom. The lowest BCUT2D eigenvalue weighted by Crippen LogP contribution is -2.55. The maximum atomic E-state index is 15.4. The predicted octanol–water partition coefficient (Wildman–Crippen LogP) is 0.991. The summed E-state index contributed by atoms with van der Waals surface area (Å²) in [5, 5.41) is 8.97. The van der Waals surface area contributed by atoms with Crippen LogP contribution in [0.5, 0.6) is 5.88 Å². The van der Waals surface area contributed by atoms with Crippen LogP contribution in [0.15, 0.2) is 36.5 Å². The fraction of sp³-hybridized carbons (Fsp3) is 0.300. The van der Waals surface area contributed by atoms with E-state index in [1.54, 1.807) is 18.2 Å². The molecule has 1 aromatic carbocycles. The molecule has 0 saturated carbocycles. The van der Waals surface area contributed by atoms with Crippen LogP contribution in [0.2, 0.25) is 0 Å². The minimum atomic E-state index is -4.08. The predicted molar refractivity (Wildman–Crippen MR) is 109 cm³/mol. The van der Waals surface area contributed by atoms with E-state index in [1.165, 1.54) is 30.9 Å². The number of ether oxygens (including phenoxy) is 1. The fourth-order valence-corrected chi connectivity index (χ4v) is 4.05. The SMILES string of the molecule is COc1ccc(-c2ccc3c(c2)C(F)=[N+](C[C@](C)(C(=O)NO)S(C)(=O)=O)CC3=O)cn1. The van der Waals surface area contributed by atoms with Gasteiger partial charge in [-0.3, -0.25) is 14.8 Å². The first-order chi connectivity index (χ1) is 14.5. The summed E-state index contributed by atoms with van der Waals surface area (Å²) in [6.07, 6.45) is 2.34. The molecule has 1 atom stereocenters. The van der Waals surface area contributed by atoms with Gasteiger partial charge in [0.2, 0.25) is 23.0 Å². The number of hydroxylamine groups is 1. The molecule has 0 aliphatic carbocycles. The summed E-state index contributed by atoms with van der Waals surface area (Å²) >= 11 is 0. The second-order valence-corrected chi connectivity index (χ2v) is 9.81. The lowest BCUT2D eigenvalue weighted by Gasteiger charge is -2.24. The number of nitrogens with zero attached hydrogens (tertiary/aromatic N) is 2. The standard InChI is InChI=1S/C20H20FN3O6S/c1-20(19(26)23-27,31(3,28)29)11-24-10-16(25)14-6-4-12(8-15(14)18(24)21)13-5-7-17(30-2)22-9-13/h4-9H,10-11H2,1-3H3,(H-,23,26,27)/p+1/t20-/m1/s1. The number of methoxy groups -OCH3 is 1. The first-order valence-corrected chi connectivity index (χ1v) is 11.0. The van der Waals surface area contributed by atoms with Crippen molar-refractivity contribution in [2.45, 2.75) is 11.7 Å². The van der Waals surface area contributed by atoms with Crippen molar-refractivity contribution in [2.24, 2.45) is 0 Å². The molecule has 1 aliphatic heterocycles. The number of amides is 1. The molecule has 1 aromatic heterocycles. The molecular weight excluding hydrogens is 429 g/mol. The van der Waals surface area contributed by atoms with E-state index >= 15 is 4.39 Å². The van der Waals surface area contributed by atoms with Gasteiger partial charge < -0.3 is 4.74 Å². The highest BCUT2D eigenvalue weighted by molar-refractivity contribution is 7.92. The first kappa shape index (κ1) is 22.5. The second kappa shape index (κ2) is 8.16. The monoisotopic (exact) mass is 450 g/mol. The van der Waals surface area contributed by atoms with Crippen LogP contribution >= 0.6 is 0 Å². The number of Topliss-reactive ketones (excluding diaryl/α,β-unsaturated/α-hetero) is 1. The molecule has 164 valence electrons. The Bertz CT molecular complexity index is 1190. The minimum absolute atomic E-state index is 0.0233. The van der Waals surface area contributed by atoms with Gasteiger partial charge in [0.1, 0.15) is 0 Å². The summed E-state index contributed by atoms with van der Waals surface area (Å²) in [4.78, 5) is 28.8. The highest BCUT2D eigenvalue weighted by Crippen LogP contribution is 2.27. The zero-order valence-corrected chi connectivity index (χ0v) is 17.9. The Balaban J connectivity index is 2.08. The van der Waals surface area contributed by atoms with E-state index in [9.17, 15) is 18.0 Å². The summed E-state index contributed by atoms with van der Waals surface area (Å²) in [5.41, 5.74) is 2.67. The van der Waals surface area contributed by atoms with Crippen LogP contribution in [-0.4, -0.2) is 72.0 Å². The summed E-state index contributed by atoms with van der Waals surface area (Å²) in [6.45, 7) is -0.0593. The molecule has 0 radical (unpaired) electrons. The van der Waals surface area contributed by atoms with Crippen LogP contribution in [0.4, 0.5) is 4.39 Å². The van der Waals surface area contributed by atoms with Crippen LogP contribution in [0.3, 0.4) is 0 Å². The van der Waals surface area contributed by atoms with Crippen molar-refractivity contribution in [2.75, 3.05) is 26.5 Å². The third kappa shape index (κ3) is 4.06. The Labute approximate surface area is 178 Å². The van der Waals surface area contributed by atoms with Crippen molar-refractivity contribution >= 4 is 27.5 Å². The average molecular weight is 450 g/mol. The van der Waals surface area contributed by atoms with Gasteiger partial charge in [0, 0.05) is 29.6 Å². The highest BCUT2D eigenvalue weighted by atomic mass is 32.2. The van der Waals surface area contributed by atoms with Gasteiger partial charge in [-0.15, -0.1) is 4.39 Å². The molecule has 0 saturated heterocycles. The normalized spacial score (nSPS) is 15.8. The smallest absolute Gasteiger partial charge is 0.362 e. The summed E-state index contributed by atoms with van der Waals surface area (Å²) in [6, 6.07) is 7.97. The third-order valence-electron chi connectivity index (χ3n) is 5.33. The van der Waals surface area contributed by atoms with Crippen molar-refractivity contribution < 1.29 is 36.9 Å². The van der Waals surface area contributed by atoms with Crippen LogP contribution < -0.4 is 10.2 Å². The van der Waals surface area contributed by atoms with Gasteiger partial charge >= 0.3 is 5.97 Å². The number of hydrogen-bond acceptors (Lipinski definition) is 7. The van der Waals surface area contributed by atoms with E-state index in [2.05, 4.69) is 4.98 Å². The highest BCUT2D eigenvalue weighted by Gasteiger charge is 2.50. The maximum absolute atomic E-state index is 15.4. The lowest BCUT2D eigenvalue weighted by atomic mass is 9.95. The number of sulfone groups is 1. The molecule has 1 amide bonds. The van der Waals surface area contributed by atoms with Gasteiger partial charge in [-0.1, -0.05) is 6.07 Å². The van der Waals surface area contributed by atoms with E-state index in [0.717, 1.165) is 17.8 Å². The van der Waals surface area contributed by atoms with Crippen molar-refractivity contribution in [3.8, 4) is 17.0 Å². The number of nitrogens with one attached hydrogen (secondary N) is 1. The van der Waals surface area contributed by atoms with Crippen molar-refractivity contribution in [3.63, 3.8) is 0 Å². The van der Waals surface area contributed by atoms with Crippen LogP contribution in [0.1, 0.15) is 22.8 Å². The molecule has 9 nitrogen and oxygen atoms in total. The van der Waals surface area contributed by atoms with Gasteiger partial charge in [0.05, 0.1) is 12.7 Å². The molecule has 2 aromatic rings. The summed E-state index contributed by atoms with van der Waals surface area (Å²) in [5.74, 6) is -2.10. The van der Waals surface area contributed by atoms with Crippen molar-refractivity contribution in [1.29, 1.82) is 0 Å². The molecule has 2 N–H and O–H groups in total. The third-order valence-corrected chi connectivity index (χ3v) is 7.28. The molecule has 0 bridgehead atoms. The number of hydrogen-bond donors (Lipinski definition) is 2. The van der Waals surface area contributed by atoms with Gasteiger partial charge in [0.15, 0.2) is 16.4 Å². The zero-order valence-electron chi connectivity index (χ0n) is 17.0. The number of carbonyl (C=O) groups excluding carboxylic acids is 2. The van der Waals surface area contributed by atoms with Gasteiger partial charge in [-0.05, 0) is 30.7 Å². The lowest BCUT2D eigenvalue weighted by molar-refractivity contribution is -0.522. The second-order valence-electron chi connectivity index (χ2n) is 7.36. The average Bonchev–Trinajstić information content (AvgIpc) is 2.75. The molecule has 0 unspecified atom stereocenters. The number of rotatable bonds is 6. The number of halogens is 1. The van der Waals surface area contributed by atoms with E-state index in [-0.39, 0.29) is 11.1 Å². The molecular formula is C20H21FN3O6S+. The minimum Gasteiger partial charge on any atom is -0.481 e. The number of aromatic nitrogens is 1. The van der Waals surface area contributed by atoms with Crippen LogP contribution in [0, 0.1) is 0 Å². The van der Waals surface area contributed by atoms with Crippen molar-refractivity contribution in [3.05, 3.63) is 47.7 Å². The molecule has 0 spiro atoms. The Morgan fingerprint density at radius 2 is 1.97 bits per heavy atom. The molecule has 31 heavy (non-hydrogen) atoms. The quantitative estimate of drug-likeness (QED) is 0.382. The Morgan fingerprint density at radius 1 is 1.29 bits per heavy atom. The molecule has 0 fully saturated rings. The number of benzene rings is 1. The van der Waals surface area contributed by atoms with Crippen LogP contribution in [0.25, 0.3) is 11.1 Å². The zero-order chi connectivity index (χ0) is 23.0. The molecule has 1 aliphatic rings. The van der Waals surface area contributed by atoms with E-state index in [4.69, 9.17) is 9.94 Å². The summed E-state index contributed by atoms with van der Waals surface area (Å²) < 4.78 is 43.5. The molecule has 3 rings (SSSR count). The topological polar surface area (TPSA) is 126 Å². The fourth-order valence-electron chi connectivity index (χ4n) is 3.27. The Hall–Kier alpha value is -3.18. The van der Waals surface area contributed by atoms with Crippen molar-refractivity contribution in [1.82, 2.24) is 10.5 Å². The molecule has 2 heterocycles.